The first-order valence-electron chi connectivity index (χ1n) is 4.77. The Kier molecular flexibility index (Phi) is 8.70. The van der Waals surface area contributed by atoms with Gasteiger partial charge in [0.2, 0.25) is 11.8 Å². The fourth-order valence-corrected chi connectivity index (χ4v) is 0.756. The molecule has 0 bridgehead atoms. The van der Waals surface area contributed by atoms with Crippen molar-refractivity contribution in [2.75, 3.05) is 40.0 Å². The topological polar surface area (TPSA) is 76.7 Å². The van der Waals surface area contributed by atoms with Crippen LogP contribution in [0.2, 0.25) is 0 Å². The Hall–Kier alpha value is -1.14. The Labute approximate surface area is 89.3 Å². The summed E-state index contributed by atoms with van der Waals surface area (Å²) in [6, 6.07) is 0. The first-order chi connectivity index (χ1) is 7.16. The van der Waals surface area contributed by atoms with Gasteiger partial charge in [-0.3, -0.25) is 9.59 Å². The number of carbonyl (C=O) groups excluding carboxylic acids is 2. The first-order valence-corrected chi connectivity index (χ1v) is 4.77. The molecule has 0 heterocycles. The third-order valence-corrected chi connectivity index (χ3v) is 1.50. The first kappa shape index (κ1) is 13.9. The number of amides is 2. The summed E-state index contributed by atoms with van der Waals surface area (Å²) < 4.78 is 10.1. The molecule has 15 heavy (non-hydrogen) atoms. The van der Waals surface area contributed by atoms with E-state index in [9.17, 15) is 9.59 Å². The maximum Gasteiger partial charge on any atom is 0.245 e. The lowest BCUT2D eigenvalue weighted by molar-refractivity contribution is -0.125. The fourth-order valence-electron chi connectivity index (χ4n) is 0.756. The number of carbonyl (C=O) groups is 2. The molecule has 0 aromatic rings. The van der Waals surface area contributed by atoms with Gasteiger partial charge in [0.1, 0.15) is 6.61 Å². The minimum Gasteiger partial charge on any atom is -0.377 e. The summed E-state index contributed by atoms with van der Waals surface area (Å²) in [5, 5.41) is 5.03. The van der Waals surface area contributed by atoms with Crippen molar-refractivity contribution >= 4 is 11.8 Å². The highest BCUT2D eigenvalue weighted by Gasteiger charge is 1.96. The standard InChI is InChI=1S/C9H18N2O4/c1-8(12)11-3-4-14-5-6-15-7-9(13)10-2/h3-7H2,1-2H3,(H,10,13)(H,11,12). The minimum absolute atomic E-state index is 0.0472. The van der Waals surface area contributed by atoms with Crippen LogP contribution in [-0.4, -0.2) is 51.8 Å². The average molecular weight is 218 g/mol. The van der Waals surface area contributed by atoms with Crippen LogP contribution in [0.25, 0.3) is 0 Å². The highest BCUT2D eigenvalue weighted by Crippen LogP contribution is 1.78. The summed E-state index contributed by atoms with van der Waals surface area (Å²) in [6.45, 7) is 3.22. The molecule has 0 fully saturated rings. The summed E-state index contributed by atoms with van der Waals surface area (Å²) in [7, 11) is 1.55. The molecule has 6 heteroatoms. The van der Waals surface area contributed by atoms with Gasteiger partial charge in [-0.1, -0.05) is 0 Å². The molecule has 0 aromatic carbocycles. The molecule has 0 aliphatic rings. The van der Waals surface area contributed by atoms with E-state index in [0.717, 1.165) is 0 Å². The van der Waals surface area contributed by atoms with Gasteiger partial charge in [-0.2, -0.15) is 0 Å². The monoisotopic (exact) mass is 218 g/mol. The summed E-state index contributed by atoms with van der Waals surface area (Å²) in [4.78, 5) is 21.1. The second kappa shape index (κ2) is 9.42. The van der Waals surface area contributed by atoms with Crippen LogP contribution in [0.5, 0.6) is 0 Å². The second-order valence-corrected chi connectivity index (χ2v) is 2.82. The highest BCUT2D eigenvalue weighted by atomic mass is 16.5. The maximum atomic E-state index is 10.7. The van der Waals surface area contributed by atoms with Crippen LogP contribution in [0.15, 0.2) is 0 Å². The summed E-state index contributed by atoms with van der Waals surface area (Å²) in [5.74, 6) is -0.234. The Morgan fingerprint density at radius 2 is 1.80 bits per heavy atom. The Morgan fingerprint density at radius 1 is 1.13 bits per heavy atom. The number of likely N-dealkylation sites (N-methyl/N-ethyl adjacent to an activating group) is 1. The zero-order chi connectivity index (χ0) is 11.5. The molecule has 0 saturated carbocycles. The second-order valence-electron chi connectivity index (χ2n) is 2.82. The lowest BCUT2D eigenvalue weighted by Crippen LogP contribution is -2.26. The Morgan fingerprint density at radius 3 is 2.40 bits per heavy atom. The predicted octanol–water partition coefficient (Wildman–Crippen LogP) is -1.10. The van der Waals surface area contributed by atoms with Gasteiger partial charge >= 0.3 is 0 Å². The van der Waals surface area contributed by atoms with E-state index in [1.165, 1.54) is 6.92 Å². The van der Waals surface area contributed by atoms with E-state index < -0.39 is 0 Å². The quantitative estimate of drug-likeness (QED) is 0.507. The average Bonchev–Trinajstić information content (AvgIpc) is 2.21. The zero-order valence-corrected chi connectivity index (χ0v) is 9.17. The van der Waals surface area contributed by atoms with E-state index in [-0.39, 0.29) is 18.4 Å². The summed E-state index contributed by atoms with van der Waals surface area (Å²) in [5.41, 5.74) is 0. The zero-order valence-electron chi connectivity index (χ0n) is 9.17. The van der Waals surface area contributed by atoms with E-state index in [0.29, 0.717) is 26.4 Å². The Bertz CT molecular complexity index is 197. The van der Waals surface area contributed by atoms with Gasteiger partial charge in [-0.05, 0) is 0 Å². The van der Waals surface area contributed by atoms with Crippen LogP contribution in [0, 0.1) is 0 Å². The molecule has 0 rings (SSSR count). The van der Waals surface area contributed by atoms with E-state index in [4.69, 9.17) is 9.47 Å². The largest absolute Gasteiger partial charge is 0.377 e. The van der Waals surface area contributed by atoms with Gasteiger partial charge in [-0.25, -0.2) is 0 Å². The van der Waals surface area contributed by atoms with Gasteiger partial charge in [0, 0.05) is 20.5 Å². The van der Waals surface area contributed by atoms with Gasteiger partial charge < -0.3 is 20.1 Å². The number of nitrogens with one attached hydrogen (secondary N) is 2. The molecule has 88 valence electrons. The molecule has 0 aliphatic carbocycles. The van der Waals surface area contributed by atoms with E-state index in [2.05, 4.69) is 10.6 Å². The highest BCUT2D eigenvalue weighted by molar-refractivity contribution is 5.76. The molecule has 6 nitrogen and oxygen atoms in total. The van der Waals surface area contributed by atoms with Crippen LogP contribution in [-0.2, 0) is 19.1 Å². The molecule has 0 aromatic heterocycles. The van der Waals surface area contributed by atoms with Crippen LogP contribution < -0.4 is 10.6 Å². The Balaban J connectivity index is 3.05. The van der Waals surface area contributed by atoms with Crippen molar-refractivity contribution in [3.63, 3.8) is 0 Å². The molecule has 2 N–H and O–H groups in total. The summed E-state index contributed by atoms with van der Waals surface area (Å²) in [6.07, 6.45) is 0. The normalized spacial score (nSPS) is 9.73. The third-order valence-electron chi connectivity index (χ3n) is 1.50. The van der Waals surface area contributed by atoms with Crippen LogP contribution in [0.1, 0.15) is 6.92 Å². The lowest BCUT2D eigenvalue weighted by Gasteiger charge is -2.05. The van der Waals surface area contributed by atoms with Crippen LogP contribution in [0.4, 0.5) is 0 Å². The molecule has 0 aliphatic heterocycles. The molecule has 0 unspecified atom stereocenters. The van der Waals surface area contributed by atoms with E-state index in [1.807, 2.05) is 0 Å². The molecule has 0 radical (unpaired) electrons. The minimum atomic E-state index is -0.159. The molecule has 0 spiro atoms. The van der Waals surface area contributed by atoms with Crippen molar-refractivity contribution in [2.45, 2.75) is 6.92 Å². The third kappa shape index (κ3) is 10.8. The maximum absolute atomic E-state index is 10.7. The van der Waals surface area contributed by atoms with Gasteiger partial charge in [0.15, 0.2) is 0 Å². The van der Waals surface area contributed by atoms with E-state index in [1.54, 1.807) is 7.05 Å². The van der Waals surface area contributed by atoms with Crippen molar-refractivity contribution in [3.05, 3.63) is 0 Å². The number of hydrogen-bond donors (Lipinski definition) is 2. The fraction of sp³-hybridized carbons (Fsp3) is 0.778. The van der Waals surface area contributed by atoms with Gasteiger partial charge in [0.25, 0.3) is 0 Å². The molecular formula is C9H18N2O4. The molecule has 2 amide bonds. The van der Waals surface area contributed by atoms with Gasteiger partial charge in [-0.15, -0.1) is 0 Å². The molecule has 0 atom stereocenters. The number of ether oxygens (including phenoxy) is 2. The van der Waals surface area contributed by atoms with Crippen molar-refractivity contribution in [1.29, 1.82) is 0 Å². The van der Waals surface area contributed by atoms with Crippen LogP contribution >= 0.6 is 0 Å². The lowest BCUT2D eigenvalue weighted by atomic mass is 10.6. The predicted molar refractivity (Wildman–Crippen MR) is 54.4 cm³/mol. The van der Waals surface area contributed by atoms with Crippen molar-refractivity contribution in [2.24, 2.45) is 0 Å². The molecule has 0 saturated heterocycles. The van der Waals surface area contributed by atoms with E-state index >= 15 is 0 Å². The number of hydrogen-bond acceptors (Lipinski definition) is 4. The molecular weight excluding hydrogens is 200 g/mol. The SMILES string of the molecule is CNC(=O)COCCOCCNC(C)=O. The summed E-state index contributed by atoms with van der Waals surface area (Å²) >= 11 is 0. The van der Waals surface area contributed by atoms with Crippen molar-refractivity contribution < 1.29 is 19.1 Å². The number of rotatable bonds is 8. The van der Waals surface area contributed by atoms with Crippen molar-refractivity contribution in [1.82, 2.24) is 10.6 Å². The smallest absolute Gasteiger partial charge is 0.245 e. The van der Waals surface area contributed by atoms with Gasteiger partial charge in [0.05, 0.1) is 19.8 Å². The van der Waals surface area contributed by atoms with Crippen molar-refractivity contribution in [3.8, 4) is 0 Å². The van der Waals surface area contributed by atoms with Crippen LogP contribution in [0.3, 0.4) is 0 Å².